The van der Waals surface area contributed by atoms with E-state index in [9.17, 15) is 0 Å². The second-order valence-electron chi connectivity index (χ2n) is 9.32. The molecular weight excluding hydrogens is 494 g/mol. The first-order valence-corrected chi connectivity index (χ1v) is 21.7. The van der Waals surface area contributed by atoms with Crippen molar-refractivity contribution in [2.24, 2.45) is 0 Å². The predicted octanol–water partition coefficient (Wildman–Crippen LogP) is 3.71. The normalized spacial score (nSPS) is 14.6. The fourth-order valence-corrected chi connectivity index (χ4v) is 19.8. The summed E-state index contributed by atoms with van der Waals surface area (Å²) < 4.78 is 8.53. The number of aryl methyl sites for hydroxylation is 1. The number of fused-ring (bicyclic) bond motifs is 3. The number of thiophene rings is 2. The summed E-state index contributed by atoms with van der Waals surface area (Å²) in [6, 6.07) is 14.7. The van der Waals surface area contributed by atoms with Gasteiger partial charge in [-0.05, 0) is 0 Å². The summed E-state index contributed by atoms with van der Waals surface area (Å²) in [5.74, 6) is 0. The molecule has 0 spiro atoms. The summed E-state index contributed by atoms with van der Waals surface area (Å²) in [6.07, 6.45) is 0. The second-order valence-corrected chi connectivity index (χ2v) is 28.4. The third kappa shape index (κ3) is 3.26. The van der Waals surface area contributed by atoms with Crippen molar-refractivity contribution in [1.82, 2.24) is 0 Å². The summed E-state index contributed by atoms with van der Waals surface area (Å²) in [5, 5.41) is 0. The van der Waals surface area contributed by atoms with Gasteiger partial charge in [0, 0.05) is 0 Å². The molecule has 4 rings (SSSR count). The van der Waals surface area contributed by atoms with Crippen molar-refractivity contribution in [3.05, 3.63) is 42.0 Å². The van der Waals surface area contributed by atoms with E-state index in [1.807, 2.05) is 0 Å². The Morgan fingerprint density at radius 2 is 1.12 bits per heavy atom. The average Bonchev–Trinajstić information content (AvgIpc) is 3.17. The van der Waals surface area contributed by atoms with Crippen LogP contribution in [0, 0.1) is 6.92 Å². The molecule has 3 aromatic rings. The molecular formula is C21H27S2SbSi2. The van der Waals surface area contributed by atoms with Crippen LogP contribution in [-0.2, 0) is 0 Å². The van der Waals surface area contributed by atoms with Crippen molar-refractivity contribution in [2.75, 3.05) is 0 Å². The summed E-state index contributed by atoms with van der Waals surface area (Å²) >= 11 is 2.42. The van der Waals surface area contributed by atoms with Gasteiger partial charge in [0.25, 0.3) is 0 Å². The monoisotopic (exact) mass is 520 g/mol. The van der Waals surface area contributed by atoms with Gasteiger partial charge in [-0.1, -0.05) is 0 Å². The van der Waals surface area contributed by atoms with Crippen LogP contribution in [0.15, 0.2) is 36.4 Å². The molecule has 0 radical (unpaired) electrons. The van der Waals surface area contributed by atoms with Crippen LogP contribution in [0.3, 0.4) is 0 Å². The number of hydrogen-bond acceptors (Lipinski definition) is 2. The minimum atomic E-state index is -1.84. The van der Waals surface area contributed by atoms with Gasteiger partial charge in [-0.3, -0.25) is 0 Å². The predicted molar refractivity (Wildman–Crippen MR) is 129 cm³/mol. The van der Waals surface area contributed by atoms with Crippen LogP contribution >= 0.6 is 22.7 Å². The molecule has 3 heterocycles. The SMILES string of the molecule is Cc1cc[c]([Sb]2[c]3cc([Si](C)(C)C)sc3-c3sc([Si](C)(C)C)c[c]32)cc1. The quantitative estimate of drug-likeness (QED) is 0.361. The Balaban J connectivity index is 1.93. The Labute approximate surface area is 175 Å². The summed E-state index contributed by atoms with van der Waals surface area (Å²) in [7, 11) is -2.51. The van der Waals surface area contributed by atoms with Gasteiger partial charge in [-0.2, -0.15) is 0 Å². The molecule has 1 aliphatic rings. The Morgan fingerprint density at radius 1 is 0.692 bits per heavy atom. The molecule has 1 aliphatic heterocycles. The Kier molecular flexibility index (Phi) is 4.76. The van der Waals surface area contributed by atoms with E-state index in [0.717, 1.165) is 0 Å². The molecule has 0 bridgehead atoms. The zero-order chi connectivity index (χ0) is 18.9. The van der Waals surface area contributed by atoms with Crippen LogP contribution in [0.2, 0.25) is 39.3 Å². The van der Waals surface area contributed by atoms with Crippen molar-refractivity contribution in [3.8, 4) is 9.75 Å². The van der Waals surface area contributed by atoms with Crippen LogP contribution in [0.4, 0.5) is 0 Å². The topological polar surface area (TPSA) is 0 Å². The van der Waals surface area contributed by atoms with E-state index in [-0.39, 0.29) is 0 Å². The molecule has 0 aliphatic carbocycles. The molecule has 5 heteroatoms. The standard InChI is InChI=1S/C14H20S2Si2.C7H7.Sb/c1-17(2,3)13-9-7-11(15-13)12-8-10-14(16-12)18(4,5)6;1-7-5-3-2-4-6-7;/h9-10H,1-6H3;3-6H,1H3;. The third-order valence-corrected chi connectivity index (χ3v) is 22.5. The van der Waals surface area contributed by atoms with E-state index in [2.05, 4.69) is 105 Å². The van der Waals surface area contributed by atoms with Gasteiger partial charge in [0.1, 0.15) is 0 Å². The molecule has 136 valence electrons. The van der Waals surface area contributed by atoms with Crippen LogP contribution in [-0.4, -0.2) is 36.4 Å². The van der Waals surface area contributed by atoms with Gasteiger partial charge in [0.05, 0.1) is 0 Å². The van der Waals surface area contributed by atoms with Crippen LogP contribution < -0.4 is 19.5 Å². The molecule has 0 atom stereocenters. The summed E-state index contributed by atoms with van der Waals surface area (Å²) in [4.78, 5) is 3.30. The van der Waals surface area contributed by atoms with Gasteiger partial charge in [-0.25, -0.2) is 0 Å². The van der Waals surface area contributed by atoms with Gasteiger partial charge in [0.2, 0.25) is 0 Å². The number of benzene rings is 1. The van der Waals surface area contributed by atoms with E-state index < -0.39 is 36.4 Å². The Morgan fingerprint density at radius 3 is 1.50 bits per heavy atom. The summed E-state index contributed by atoms with van der Waals surface area (Å²) in [6.45, 7) is 17.1. The Bertz CT molecular complexity index is 911. The molecule has 1 aromatic carbocycles. The van der Waals surface area contributed by atoms with E-state index in [4.69, 9.17) is 0 Å². The molecule has 0 nitrogen and oxygen atoms in total. The molecule has 0 saturated carbocycles. The fraction of sp³-hybridized carbons (Fsp3) is 0.333. The molecule has 0 amide bonds. The third-order valence-electron chi connectivity index (χ3n) is 4.88. The van der Waals surface area contributed by atoms with Crippen molar-refractivity contribution < 1.29 is 0 Å². The van der Waals surface area contributed by atoms with Crippen molar-refractivity contribution >= 4 is 78.6 Å². The van der Waals surface area contributed by atoms with Gasteiger partial charge in [-0.15, -0.1) is 0 Å². The maximum absolute atomic E-state index is 2.63. The molecule has 0 saturated heterocycles. The first kappa shape index (κ1) is 19.2. The minimum absolute atomic E-state index is 1.26. The zero-order valence-electron chi connectivity index (χ0n) is 16.7. The second kappa shape index (κ2) is 6.45. The van der Waals surface area contributed by atoms with Crippen LogP contribution in [0.1, 0.15) is 5.56 Å². The Hall–Kier alpha value is -0.128. The molecule has 0 fully saturated rings. The van der Waals surface area contributed by atoms with Gasteiger partial charge in [0.15, 0.2) is 0 Å². The number of hydrogen-bond donors (Lipinski definition) is 0. The van der Waals surface area contributed by atoms with Gasteiger partial charge < -0.3 is 0 Å². The van der Waals surface area contributed by atoms with Crippen molar-refractivity contribution in [2.45, 2.75) is 46.2 Å². The van der Waals surface area contributed by atoms with Gasteiger partial charge >= 0.3 is 176 Å². The fourth-order valence-electron chi connectivity index (χ4n) is 3.26. The van der Waals surface area contributed by atoms with E-state index in [1.165, 1.54) is 5.56 Å². The zero-order valence-corrected chi connectivity index (χ0v) is 22.9. The first-order valence-electron chi connectivity index (χ1n) is 9.21. The van der Waals surface area contributed by atoms with E-state index in [0.29, 0.717) is 0 Å². The van der Waals surface area contributed by atoms with Crippen molar-refractivity contribution in [1.29, 1.82) is 0 Å². The molecule has 2 aromatic heterocycles. The average molecular weight is 522 g/mol. The van der Waals surface area contributed by atoms with Crippen molar-refractivity contribution in [3.63, 3.8) is 0 Å². The molecule has 0 unspecified atom stereocenters. The van der Waals surface area contributed by atoms with Crippen LogP contribution in [0.25, 0.3) is 9.75 Å². The van der Waals surface area contributed by atoms with E-state index >= 15 is 0 Å². The first-order chi connectivity index (χ1) is 12.1. The maximum atomic E-state index is 2.63. The molecule has 0 N–H and O–H groups in total. The molecule has 26 heavy (non-hydrogen) atoms. The number of rotatable bonds is 3. The van der Waals surface area contributed by atoms with E-state index in [1.54, 1.807) is 29.3 Å². The van der Waals surface area contributed by atoms with Crippen LogP contribution in [0.5, 0.6) is 0 Å². The summed E-state index contributed by atoms with van der Waals surface area (Å²) in [5.41, 5.74) is 1.37.